The Kier molecular flexibility index (Phi) is 5.19. The van der Waals surface area contributed by atoms with Crippen LogP contribution in [0.1, 0.15) is 60.0 Å². The molecule has 2 aromatic carbocycles. The summed E-state index contributed by atoms with van der Waals surface area (Å²) in [6, 6.07) is 9.75. The van der Waals surface area contributed by atoms with Crippen molar-refractivity contribution in [3.05, 3.63) is 59.2 Å². The molecule has 170 valence electrons. The molecule has 32 heavy (non-hydrogen) atoms. The first kappa shape index (κ1) is 21.3. The molecule has 0 spiro atoms. The van der Waals surface area contributed by atoms with Crippen molar-refractivity contribution in [3.63, 3.8) is 0 Å². The van der Waals surface area contributed by atoms with Crippen LogP contribution in [-0.4, -0.2) is 16.6 Å². The lowest BCUT2D eigenvalue weighted by atomic mass is 9.53. The molecule has 2 aromatic rings. The fourth-order valence-electron chi connectivity index (χ4n) is 6.46. The fourth-order valence-corrected chi connectivity index (χ4v) is 6.46. The van der Waals surface area contributed by atoms with E-state index in [4.69, 9.17) is 0 Å². The van der Waals surface area contributed by atoms with Crippen LogP contribution in [0.4, 0.5) is 24.5 Å². The third kappa shape index (κ3) is 4.10. The van der Waals surface area contributed by atoms with Crippen LogP contribution in [0.2, 0.25) is 0 Å². The van der Waals surface area contributed by atoms with E-state index in [1.54, 1.807) is 18.2 Å². The number of carbonyl (C=O) groups is 1. The number of anilines is 2. The molecule has 0 unspecified atom stereocenters. The van der Waals surface area contributed by atoms with Gasteiger partial charge in [0.05, 0.1) is 23.4 Å². The Morgan fingerprint density at radius 3 is 2.09 bits per heavy atom. The van der Waals surface area contributed by atoms with Crippen molar-refractivity contribution in [2.45, 2.75) is 56.8 Å². The fraction of sp³-hybridized carbons (Fsp3) is 0.480. The summed E-state index contributed by atoms with van der Waals surface area (Å²) in [6.45, 7) is -0.196. The molecule has 0 aliphatic heterocycles. The standard InChI is InChI=1S/C25H27F3N2O2/c26-25(27,28)19-2-4-20(5-3-19)29-22-10-15(14-31)1-6-21(22)23(32)30-24-11-16-7-17(12-24)9-18(8-16)13-24/h1-6,10,16-18,29,31H,7-9,11-14H2,(H,30,32). The van der Waals surface area contributed by atoms with Crippen LogP contribution in [0.5, 0.6) is 0 Å². The third-order valence-corrected chi connectivity index (χ3v) is 7.42. The molecule has 0 radical (unpaired) electrons. The Hall–Kier alpha value is -2.54. The Labute approximate surface area is 185 Å². The monoisotopic (exact) mass is 444 g/mol. The Morgan fingerprint density at radius 1 is 0.969 bits per heavy atom. The molecule has 4 nitrogen and oxygen atoms in total. The quantitative estimate of drug-likeness (QED) is 0.559. The predicted molar refractivity (Wildman–Crippen MR) is 115 cm³/mol. The van der Waals surface area contributed by atoms with Crippen LogP contribution in [0.25, 0.3) is 0 Å². The van der Waals surface area contributed by atoms with E-state index in [2.05, 4.69) is 10.6 Å². The Bertz CT molecular complexity index is 982. The number of benzene rings is 2. The zero-order valence-corrected chi connectivity index (χ0v) is 17.7. The maximum Gasteiger partial charge on any atom is 0.416 e. The van der Waals surface area contributed by atoms with Crippen LogP contribution in [0, 0.1) is 17.8 Å². The normalized spacial score (nSPS) is 28.6. The SMILES string of the molecule is O=C(NC12CC3CC(CC(C3)C1)C2)c1ccc(CO)cc1Nc1ccc(C(F)(F)F)cc1. The van der Waals surface area contributed by atoms with Crippen molar-refractivity contribution >= 4 is 17.3 Å². The smallest absolute Gasteiger partial charge is 0.392 e. The van der Waals surface area contributed by atoms with Crippen molar-refractivity contribution in [2.75, 3.05) is 5.32 Å². The number of hydrogen-bond donors (Lipinski definition) is 3. The Morgan fingerprint density at radius 2 is 1.56 bits per heavy atom. The summed E-state index contributed by atoms with van der Waals surface area (Å²) in [6.07, 6.45) is 2.52. The highest BCUT2D eigenvalue weighted by Gasteiger charge is 2.51. The molecule has 4 bridgehead atoms. The molecule has 0 saturated heterocycles. The Balaban J connectivity index is 1.39. The van der Waals surface area contributed by atoms with Gasteiger partial charge < -0.3 is 15.7 Å². The second-order valence-electron chi connectivity index (χ2n) is 9.89. The second kappa shape index (κ2) is 7.80. The first-order valence-corrected chi connectivity index (χ1v) is 11.2. The van der Waals surface area contributed by atoms with Gasteiger partial charge in [-0.25, -0.2) is 0 Å². The molecular formula is C25H27F3N2O2. The molecule has 0 heterocycles. The van der Waals surface area contributed by atoms with Gasteiger partial charge in [-0.1, -0.05) is 6.07 Å². The molecule has 4 fully saturated rings. The van der Waals surface area contributed by atoms with Crippen LogP contribution in [0.15, 0.2) is 42.5 Å². The van der Waals surface area contributed by atoms with Crippen molar-refractivity contribution in [3.8, 4) is 0 Å². The van der Waals surface area contributed by atoms with Crippen LogP contribution >= 0.6 is 0 Å². The van der Waals surface area contributed by atoms with Gasteiger partial charge in [-0.05, 0) is 98.2 Å². The van der Waals surface area contributed by atoms with E-state index in [0.717, 1.165) is 31.4 Å². The first-order chi connectivity index (χ1) is 15.2. The van der Waals surface area contributed by atoms with Gasteiger partial charge >= 0.3 is 6.18 Å². The van der Waals surface area contributed by atoms with E-state index in [1.807, 2.05) is 0 Å². The highest BCUT2D eigenvalue weighted by atomic mass is 19.4. The third-order valence-electron chi connectivity index (χ3n) is 7.42. The number of amides is 1. The van der Waals surface area contributed by atoms with Crippen molar-refractivity contribution in [1.29, 1.82) is 0 Å². The van der Waals surface area contributed by atoms with E-state index in [9.17, 15) is 23.1 Å². The molecule has 0 aromatic heterocycles. The summed E-state index contributed by atoms with van der Waals surface area (Å²) in [7, 11) is 0. The number of halogens is 3. The molecule has 0 atom stereocenters. The van der Waals surface area contributed by atoms with Gasteiger partial charge in [0, 0.05) is 11.2 Å². The molecule has 4 saturated carbocycles. The average Bonchev–Trinajstić information content (AvgIpc) is 2.72. The van der Waals surface area contributed by atoms with Crippen LogP contribution < -0.4 is 10.6 Å². The summed E-state index contributed by atoms with van der Waals surface area (Å²) in [5, 5.41) is 16.0. The topological polar surface area (TPSA) is 61.4 Å². The maximum atomic E-state index is 13.4. The minimum atomic E-state index is -4.40. The number of alkyl halides is 3. The average molecular weight is 444 g/mol. The predicted octanol–water partition coefficient (Wildman–Crippen LogP) is 5.64. The molecule has 1 amide bonds. The van der Waals surface area contributed by atoms with Gasteiger partial charge in [0.2, 0.25) is 0 Å². The largest absolute Gasteiger partial charge is 0.416 e. The number of carbonyl (C=O) groups excluding carboxylic acids is 1. The maximum absolute atomic E-state index is 13.4. The van der Waals surface area contributed by atoms with Gasteiger partial charge in [-0.2, -0.15) is 13.2 Å². The van der Waals surface area contributed by atoms with E-state index in [-0.39, 0.29) is 18.1 Å². The van der Waals surface area contributed by atoms with Gasteiger partial charge in [0.25, 0.3) is 5.91 Å². The van der Waals surface area contributed by atoms with Gasteiger partial charge in [-0.15, -0.1) is 0 Å². The number of aliphatic hydroxyl groups excluding tert-OH is 1. The van der Waals surface area contributed by atoms with Crippen molar-refractivity contribution < 1.29 is 23.1 Å². The van der Waals surface area contributed by atoms with E-state index in [1.165, 1.54) is 31.4 Å². The molecule has 7 heteroatoms. The zero-order chi connectivity index (χ0) is 22.5. The minimum absolute atomic E-state index is 0.146. The summed E-state index contributed by atoms with van der Waals surface area (Å²) < 4.78 is 38.6. The van der Waals surface area contributed by atoms with E-state index < -0.39 is 11.7 Å². The minimum Gasteiger partial charge on any atom is -0.392 e. The van der Waals surface area contributed by atoms with Gasteiger partial charge in [0.15, 0.2) is 0 Å². The van der Waals surface area contributed by atoms with Crippen molar-refractivity contribution in [1.82, 2.24) is 5.32 Å². The second-order valence-corrected chi connectivity index (χ2v) is 9.89. The lowest BCUT2D eigenvalue weighted by molar-refractivity contribution is -0.137. The number of nitrogens with one attached hydrogen (secondary N) is 2. The van der Waals surface area contributed by atoms with Crippen molar-refractivity contribution in [2.24, 2.45) is 17.8 Å². The summed E-state index contributed by atoms with van der Waals surface area (Å²) >= 11 is 0. The zero-order valence-electron chi connectivity index (χ0n) is 17.7. The number of aliphatic hydroxyl groups is 1. The highest BCUT2D eigenvalue weighted by Crippen LogP contribution is 2.55. The van der Waals surface area contributed by atoms with Gasteiger partial charge in [-0.3, -0.25) is 4.79 Å². The molecule has 4 aliphatic rings. The lowest BCUT2D eigenvalue weighted by Gasteiger charge is -2.56. The highest BCUT2D eigenvalue weighted by molar-refractivity contribution is 6.01. The summed E-state index contributed by atoms with van der Waals surface area (Å²) in [5.41, 5.74) is 1.08. The molecule has 4 aliphatic carbocycles. The van der Waals surface area contributed by atoms with Crippen LogP contribution in [-0.2, 0) is 12.8 Å². The van der Waals surface area contributed by atoms with E-state index >= 15 is 0 Å². The van der Waals surface area contributed by atoms with Gasteiger partial charge in [0.1, 0.15) is 0 Å². The molecule has 3 N–H and O–H groups in total. The number of rotatable bonds is 5. The lowest BCUT2D eigenvalue weighted by Crippen LogP contribution is -2.59. The van der Waals surface area contributed by atoms with E-state index in [0.29, 0.717) is 40.3 Å². The molecule has 6 rings (SSSR count). The first-order valence-electron chi connectivity index (χ1n) is 11.2. The summed E-state index contributed by atoms with van der Waals surface area (Å²) in [5.74, 6) is 1.92. The molecular weight excluding hydrogens is 417 g/mol. The number of hydrogen-bond acceptors (Lipinski definition) is 3. The summed E-state index contributed by atoms with van der Waals surface area (Å²) in [4.78, 5) is 13.4. The van der Waals surface area contributed by atoms with Crippen LogP contribution in [0.3, 0.4) is 0 Å².